The molecule has 1 saturated carbocycles. The zero-order valence-corrected chi connectivity index (χ0v) is 21.5. The lowest BCUT2D eigenvalue weighted by Crippen LogP contribution is -2.42. The normalized spacial score (nSPS) is 18.7. The van der Waals surface area contributed by atoms with E-state index in [1.54, 1.807) is 6.20 Å². The predicted molar refractivity (Wildman–Crippen MR) is 140 cm³/mol. The van der Waals surface area contributed by atoms with Gasteiger partial charge in [0.15, 0.2) is 0 Å². The number of aromatic nitrogens is 3. The fraction of sp³-hybridized carbons (Fsp3) is 0.607. The summed E-state index contributed by atoms with van der Waals surface area (Å²) in [6.07, 6.45) is 9.65. The third-order valence-corrected chi connectivity index (χ3v) is 7.92. The van der Waals surface area contributed by atoms with E-state index in [9.17, 15) is 9.59 Å². The molecule has 2 aromatic heterocycles. The summed E-state index contributed by atoms with van der Waals surface area (Å²) in [5.74, 6) is 2.18. The average molecular weight is 478 g/mol. The Morgan fingerprint density at radius 3 is 2.66 bits per heavy atom. The van der Waals surface area contributed by atoms with Crippen LogP contribution in [0.15, 0.2) is 23.1 Å². The Morgan fingerprint density at radius 1 is 1.11 bits per heavy atom. The van der Waals surface area contributed by atoms with Crippen LogP contribution in [0.4, 0.5) is 0 Å². The Bertz CT molecular complexity index is 1270. The average Bonchev–Trinajstić information content (AvgIpc) is 3.54. The molecular formula is C28H39N5O2. The molecule has 1 aromatic carbocycles. The van der Waals surface area contributed by atoms with Crippen LogP contribution in [0.1, 0.15) is 86.5 Å². The molecule has 1 saturated heterocycles. The Labute approximate surface area is 207 Å². The van der Waals surface area contributed by atoms with E-state index in [-0.39, 0.29) is 11.5 Å². The van der Waals surface area contributed by atoms with Crippen molar-refractivity contribution in [3.63, 3.8) is 0 Å². The summed E-state index contributed by atoms with van der Waals surface area (Å²) >= 11 is 0. The van der Waals surface area contributed by atoms with Crippen LogP contribution in [0.3, 0.4) is 0 Å². The fourth-order valence-electron chi connectivity index (χ4n) is 5.67. The van der Waals surface area contributed by atoms with Gasteiger partial charge in [0.05, 0.1) is 17.2 Å². The van der Waals surface area contributed by atoms with Crippen molar-refractivity contribution in [2.45, 2.75) is 71.6 Å². The van der Waals surface area contributed by atoms with Crippen LogP contribution in [-0.2, 0) is 0 Å². The third kappa shape index (κ3) is 4.88. The summed E-state index contributed by atoms with van der Waals surface area (Å²) in [7, 11) is 0. The minimum atomic E-state index is -0.160. The first-order valence-electron chi connectivity index (χ1n) is 13.6. The van der Waals surface area contributed by atoms with Gasteiger partial charge in [-0.25, -0.2) is 4.98 Å². The minimum absolute atomic E-state index is 0.0712. The van der Waals surface area contributed by atoms with E-state index in [2.05, 4.69) is 34.8 Å². The first kappa shape index (κ1) is 24.0. The molecule has 7 nitrogen and oxygen atoms in total. The summed E-state index contributed by atoms with van der Waals surface area (Å²) in [4.78, 5) is 38.9. The first-order chi connectivity index (χ1) is 17.0. The second kappa shape index (κ2) is 10.1. The highest BCUT2D eigenvalue weighted by atomic mass is 16.2. The standard InChI is InChI=1S/C28H39N5O2/c1-4-8-21(5-2)26-29-17-25-27(34)30-23-16-22(19(3)15-24(23)33(25)26)28(35)32-12-7-6-11-31(13-14-32)18-20-9-10-20/h15-17,20-21H,4-14,18H2,1-3H3,(H,30,34). The van der Waals surface area contributed by atoms with Crippen LogP contribution in [0, 0.1) is 12.8 Å². The molecular weight excluding hydrogens is 438 g/mol. The van der Waals surface area contributed by atoms with Crippen molar-refractivity contribution in [1.82, 2.24) is 24.2 Å². The van der Waals surface area contributed by atoms with Crippen molar-refractivity contribution in [3.05, 3.63) is 45.6 Å². The van der Waals surface area contributed by atoms with Gasteiger partial charge in [-0.2, -0.15) is 0 Å². The fourth-order valence-corrected chi connectivity index (χ4v) is 5.67. The molecule has 2 aliphatic rings. The number of aromatic amines is 1. The summed E-state index contributed by atoms with van der Waals surface area (Å²) in [6.45, 7) is 11.2. The van der Waals surface area contributed by atoms with Crippen LogP contribution < -0.4 is 5.56 Å². The zero-order chi connectivity index (χ0) is 24.5. The Kier molecular flexibility index (Phi) is 6.96. The maximum atomic E-state index is 13.7. The molecule has 0 radical (unpaired) electrons. The van der Waals surface area contributed by atoms with E-state index in [4.69, 9.17) is 0 Å². The van der Waals surface area contributed by atoms with Crippen LogP contribution in [0.5, 0.6) is 0 Å². The van der Waals surface area contributed by atoms with Crippen molar-refractivity contribution in [3.8, 4) is 0 Å². The van der Waals surface area contributed by atoms with Gasteiger partial charge in [-0.05, 0) is 75.6 Å². The van der Waals surface area contributed by atoms with Crippen molar-refractivity contribution in [2.24, 2.45) is 5.92 Å². The smallest absolute Gasteiger partial charge is 0.274 e. The molecule has 1 aliphatic heterocycles. The van der Waals surface area contributed by atoms with Gasteiger partial charge in [-0.15, -0.1) is 0 Å². The van der Waals surface area contributed by atoms with Crippen LogP contribution in [0.25, 0.3) is 16.6 Å². The Balaban J connectivity index is 1.49. The van der Waals surface area contributed by atoms with Gasteiger partial charge in [0.1, 0.15) is 11.3 Å². The van der Waals surface area contributed by atoms with Crippen LogP contribution in [-0.4, -0.2) is 62.8 Å². The number of imidazole rings is 1. The van der Waals surface area contributed by atoms with Gasteiger partial charge in [-0.1, -0.05) is 20.3 Å². The van der Waals surface area contributed by atoms with Crippen LogP contribution in [0.2, 0.25) is 0 Å². The van der Waals surface area contributed by atoms with Gasteiger partial charge >= 0.3 is 0 Å². The number of carbonyl (C=O) groups is 1. The SMILES string of the molecule is CCCC(CC)c1ncc2c(=O)[nH]c3cc(C(=O)N4CCCCN(CC5CC5)CC4)c(C)cc3n12. The molecule has 1 atom stereocenters. The molecule has 1 aliphatic carbocycles. The lowest BCUT2D eigenvalue weighted by atomic mass is 9.99. The number of fused-ring (bicyclic) bond motifs is 3. The molecule has 1 amide bonds. The molecule has 7 heteroatoms. The van der Waals surface area contributed by atoms with Gasteiger partial charge in [0.2, 0.25) is 0 Å². The van der Waals surface area contributed by atoms with E-state index >= 15 is 0 Å². The molecule has 5 rings (SSSR count). The van der Waals surface area contributed by atoms with Gasteiger partial charge < -0.3 is 14.8 Å². The Morgan fingerprint density at radius 2 is 1.91 bits per heavy atom. The van der Waals surface area contributed by atoms with E-state index in [1.807, 2.05) is 22.3 Å². The number of aryl methyl sites for hydroxylation is 1. The molecule has 1 N–H and O–H groups in total. The summed E-state index contributed by atoms with van der Waals surface area (Å²) in [6, 6.07) is 3.94. The van der Waals surface area contributed by atoms with Crippen molar-refractivity contribution in [2.75, 3.05) is 32.7 Å². The number of amides is 1. The number of hydrogen-bond acceptors (Lipinski definition) is 4. The highest BCUT2D eigenvalue weighted by Crippen LogP contribution is 2.30. The van der Waals surface area contributed by atoms with E-state index < -0.39 is 0 Å². The van der Waals surface area contributed by atoms with Crippen LogP contribution >= 0.6 is 0 Å². The number of carbonyl (C=O) groups excluding carboxylic acids is 1. The summed E-state index contributed by atoms with van der Waals surface area (Å²) in [5.41, 5.74) is 3.65. The number of H-pyrrole nitrogens is 1. The lowest BCUT2D eigenvalue weighted by molar-refractivity contribution is 0.0707. The second-order valence-corrected chi connectivity index (χ2v) is 10.6. The maximum Gasteiger partial charge on any atom is 0.274 e. The van der Waals surface area contributed by atoms with Crippen molar-refractivity contribution in [1.29, 1.82) is 0 Å². The monoisotopic (exact) mass is 477 g/mol. The summed E-state index contributed by atoms with van der Waals surface area (Å²) in [5, 5.41) is 0. The molecule has 0 spiro atoms. The quantitative estimate of drug-likeness (QED) is 0.534. The topological polar surface area (TPSA) is 73.7 Å². The number of benzene rings is 1. The third-order valence-electron chi connectivity index (χ3n) is 7.92. The maximum absolute atomic E-state index is 13.7. The van der Waals surface area contributed by atoms with Gasteiger partial charge in [-0.3, -0.25) is 14.0 Å². The molecule has 35 heavy (non-hydrogen) atoms. The van der Waals surface area contributed by atoms with E-state index in [1.165, 1.54) is 19.4 Å². The minimum Gasteiger partial charge on any atom is -0.337 e. The lowest BCUT2D eigenvalue weighted by Gasteiger charge is -2.31. The second-order valence-electron chi connectivity index (χ2n) is 10.6. The van der Waals surface area contributed by atoms with Gasteiger partial charge in [0, 0.05) is 37.7 Å². The zero-order valence-electron chi connectivity index (χ0n) is 21.5. The van der Waals surface area contributed by atoms with Crippen molar-refractivity contribution < 1.29 is 4.79 Å². The van der Waals surface area contributed by atoms with Gasteiger partial charge in [0.25, 0.3) is 11.5 Å². The highest BCUT2D eigenvalue weighted by molar-refractivity contribution is 5.99. The van der Waals surface area contributed by atoms with Crippen molar-refractivity contribution >= 4 is 22.5 Å². The highest BCUT2D eigenvalue weighted by Gasteiger charge is 2.27. The molecule has 0 bridgehead atoms. The molecule has 2 fully saturated rings. The number of nitrogens with one attached hydrogen (secondary N) is 1. The number of nitrogens with zero attached hydrogens (tertiary/aromatic N) is 4. The predicted octanol–water partition coefficient (Wildman–Crippen LogP) is 4.73. The molecule has 188 valence electrons. The molecule has 3 aromatic rings. The Hall–Kier alpha value is -2.67. The first-order valence-corrected chi connectivity index (χ1v) is 13.6. The number of hydrogen-bond donors (Lipinski definition) is 1. The summed E-state index contributed by atoms with van der Waals surface area (Å²) < 4.78 is 2.02. The van der Waals surface area contributed by atoms with E-state index in [0.717, 1.165) is 81.1 Å². The molecule has 3 heterocycles. The largest absolute Gasteiger partial charge is 0.337 e. The number of rotatable bonds is 7. The van der Waals surface area contributed by atoms with E-state index in [0.29, 0.717) is 22.5 Å². The molecule has 1 unspecified atom stereocenters.